The van der Waals surface area contributed by atoms with Gasteiger partial charge in [-0.05, 0) is 56.0 Å². The standard InChI is InChI=1S/C23H26FN5O/c1-29-21-7-6-18(26-13-10-16-8-11-25-12-9-16)14-19(21)22(28-29)23(30)27-15-17-4-2-3-5-20(17)24/h2-5,8-9,11-12,18,26H,6-7,10,13-15H2,1H3,(H,27,30). The Morgan fingerprint density at radius 3 is 2.83 bits per heavy atom. The zero-order valence-electron chi connectivity index (χ0n) is 17.1. The van der Waals surface area contributed by atoms with E-state index in [4.69, 9.17) is 0 Å². The highest BCUT2D eigenvalue weighted by Gasteiger charge is 2.28. The molecule has 0 bridgehead atoms. The smallest absolute Gasteiger partial charge is 0.272 e. The second kappa shape index (κ2) is 9.17. The molecular formula is C23H26FN5O. The van der Waals surface area contributed by atoms with Crippen molar-refractivity contribution >= 4 is 5.91 Å². The lowest BCUT2D eigenvalue weighted by atomic mass is 9.91. The highest BCUT2D eigenvalue weighted by atomic mass is 19.1. The Kier molecular flexibility index (Phi) is 6.18. The number of hydrogen-bond acceptors (Lipinski definition) is 4. The average molecular weight is 407 g/mol. The van der Waals surface area contributed by atoms with Crippen molar-refractivity contribution in [3.05, 3.63) is 82.7 Å². The van der Waals surface area contributed by atoms with Crippen molar-refractivity contribution in [2.24, 2.45) is 7.05 Å². The van der Waals surface area contributed by atoms with E-state index >= 15 is 0 Å². The van der Waals surface area contributed by atoms with Crippen LogP contribution in [-0.4, -0.2) is 33.3 Å². The van der Waals surface area contributed by atoms with Crippen LogP contribution >= 0.6 is 0 Å². The van der Waals surface area contributed by atoms with Crippen molar-refractivity contribution in [3.8, 4) is 0 Å². The first kappa shape index (κ1) is 20.2. The summed E-state index contributed by atoms with van der Waals surface area (Å²) in [6, 6.07) is 10.8. The highest BCUT2D eigenvalue weighted by Crippen LogP contribution is 2.24. The molecule has 1 aliphatic rings. The van der Waals surface area contributed by atoms with Gasteiger partial charge in [-0.1, -0.05) is 18.2 Å². The fourth-order valence-corrected chi connectivity index (χ4v) is 4.02. The van der Waals surface area contributed by atoms with Gasteiger partial charge in [0.25, 0.3) is 5.91 Å². The van der Waals surface area contributed by atoms with E-state index in [9.17, 15) is 9.18 Å². The summed E-state index contributed by atoms with van der Waals surface area (Å²) in [5, 5.41) is 10.9. The Hall–Kier alpha value is -3.06. The van der Waals surface area contributed by atoms with Crippen molar-refractivity contribution in [1.82, 2.24) is 25.4 Å². The number of benzene rings is 1. The Balaban J connectivity index is 1.38. The molecule has 2 aromatic heterocycles. The minimum atomic E-state index is -0.320. The van der Waals surface area contributed by atoms with Crippen LogP contribution in [0.2, 0.25) is 0 Å². The number of aryl methyl sites for hydroxylation is 1. The van der Waals surface area contributed by atoms with Crippen LogP contribution in [0, 0.1) is 5.82 Å². The fraction of sp³-hybridized carbons (Fsp3) is 0.348. The van der Waals surface area contributed by atoms with E-state index in [1.807, 2.05) is 31.6 Å². The number of amides is 1. The molecular weight excluding hydrogens is 381 g/mol. The molecule has 0 spiro atoms. The van der Waals surface area contributed by atoms with E-state index in [0.29, 0.717) is 17.3 Å². The van der Waals surface area contributed by atoms with E-state index in [0.717, 1.165) is 43.5 Å². The molecule has 6 nitrogen and oxygen atoms in total. The normalized spacial score (nSPS) is 15.6. The average Bonchev–Trinajstić information content (AvgIpc) is 3.10. The van der Waals surface area contributed by atoms with Crippen molar-refractivity contribution in [3.63, 3.8) is 0 Å². The van der Waals surface area contributed by atoms with Crippen LogP contribution in [0.3, 0.4) is 0 Å². The number of carbonyl (C=O) groups excluding carboxylic acids is 1. The Morgan fingerprint density at radius 1 is 1.23 bits per heavy atom. The molecule has 0 radical (unpaired) electrons. The first-order valence-electron chi connectivity index (χ1n) is 10.3. The molecule has 156 valence electrons. The number of halogens is 1. The van der Waals surface area contributed by atoms with Gasteiger partial charge in [-0.25, -0.2) is 4.39 Å². The van der Waals surface area contributed by atoms with Crippen molar-refractivity contribution in [2.75, 3.05) is 6.54 Å². The minimum absolute atomic E-state index is 0.143. The number of hydrogen-bond donors (Lipinski definition) is 2. The summed E-state index contributed by atoms with van der Waals surface area (Å²) in [6.07, 6.45) is 7.22. The first-order valence-corrected chi connectivity index (χ1v) is 10.3. The molecule has 1 aliphatic carbocycles. The van der Waals surface area contributed by atoms with Gasteiger partial charge in [0.2, 0.25) is 0 Å². The summed E-state index contributed by atoms with van der Waals surface area (Å²) in [7, 11) is 1.88. The zero-order chi connectivity index (χ0) is 20.9. The Labute approximate surface area is 175 Å². The lowest BCUT2D eigenvalue weighted by molar-refractivity contribution is 0.0943. The third kappa shape index (κ3) is 4.57. The van der Waals surface area contributed by atoms with Crippen LogP contribution in [0.4, 0.5) is 4.39 Å². The van der Waals surface area contributed by atoms with Gasteiger partial charge in [0.15, 0.2) is 5.69 Å². The molecule has 1 atom stereocenters. The number of aromatic nitrogens is 3. The van der Waals surface area contributed by atoms with Gasteiger partial charge in [0.1, 0.15) is 5.82 Å². The zero-order valence-corrected chi connectivity index (χ0v) is 17.1. The first-order chi connectivity index (χ1) is 14.6. The third-order valence-electron chi connectivity index (χ3n) is 5.66. The van der Waals surface area contributed by atoms with Gasteiger partial charge < -0.3 is 10.6 Å². The van der Waals surface area contributed by atoms with E-state index in [1.165, 1.54) is 11.6 Å². The molecule has 30 heavy (non-hydrogen) atoms. The molecule has 0 saturated heterocycles. The largest absolute Gasteiger partial charge is 0.346 e. The van der Waals surface area contributed by atoms with Crippen molar-refractivity contribution < 1.29 is 9.18 Å². The maximum atomic E-state index is 13.8. The molecule has 2 heterocycles. The monoisotopic (exact) mass is 407 g/mol. The van der Waals surface area contributed by atoms with E-state index in [2.05, 4.69) is 20.7 Å². The van der Waals surface area contributed by atoms with Crippen LogP contribution in [0.1, 0.15) is 39.3 Å². The molecule has 0 fully saturated rings. The van der Waals surface area contributed by atoms with Gasteiger partial charge in [0, 0.05) is 48.8 Å². The van der Waals surface area contributed by atoms with Gasteiger partial charge in [-0.15, -0.1) is 0 Å². The molecule has 1 aromatic carbocycles. The predicted octanol–water partition coefficient (Wildman–Crippen LogP) is 2.57. The second-order valence-corrected chi connectivity index (χ2v) is 7.67. The fourth-order valence-electron chi connectivity index (χ4n) is 4.02. The van der Waals surface area contributed by atoms with Gasteiger partial charge in [-0.3, -0.25) is 14.5 Å². The van der Waals surface area contributed by atoms with E-state index in [1.54, 1.807) is 22.9 Å². The van der Waals surface area contributed by atoms with Crippen molar-refractivity contribution in [1.29, 1.82) is 0 Å². The van der Waals surface area contributed by atoms with Gasteiger partial charge >= 0.3 is 0 Å². The van der Waals surface area contributed by atoms with E-state index < -0.39 is 0 Å². The molecule has 0 aliphatic heterocycles. The highest BCUT2D eigenvalue weighted by molar-refractivity contribution is 5.94. The lowest BCUT2D eigenvalue weighted by Gasteiger charge is -2.24. The minimum Gasteiger partial charge on any atom is -0.346 e. The number of rotatable bonds is 7. The summed E-state index contributed by atoms with van der Waals surface area (Å²) in [5.41, 5.74) is 4.27. The molecule has 3 aromatic rings. The van der Waals surface area contributed by atoms with Crippen molar-refractivity contribution in [2.45, 2.75) is 38.3 Å². The summed E-state index contributed by atoms with van der Waals surface area (Å²) < 4.78 is 15.6. The maximum Gasteiger partial charge on any atom is 0.272 e. The lowest BCUT2D eigenvalue weighted by Crippen LogP contribution is -2.36. The SMILES string of the molecule is Cn1nc(C(=O)NCc2ccccc2F)c2c1CCC(NCCc1ccncc1)C2. The molecule has 4 rings (SSSR count). The van der Waals surface area contributed by atoms with E-state index in [-0.39, 0.29) is 18.3 Å². The number of nitrogens with zero attached hydrogens (tertiary/aromatic N) is 3. The molecule has 7 heteroatoms. The number of nitrogens with one attached hydrogen (secondary N) is 2. The molecule has 1 amide bonds. The van der Waals surface area contributed by atoms with Gasteiger partial charge in [0.05, 0.1) is 0 Å². The summed E-state index contributed by atoms with van der Waals surface area (Å²) in [4.78, 5) is 16.8. The predicted molar refractivity (Wildman–Crippen MR) is 113 cm³/mol. The van der Waals surface area contributed by atoms with Crippen LogP contribution in [0.25, 0.3) is 0 Å². The van der Waals surface area contributed by atoms with Gasteiger partial charge in [-0.2, -0.15) is 5.10 Å². The Morgan fingerprint density at radius 2 is 2.03 bits per heavy atom. The number of fused-ring (bicyclic) bond motifs is 1. The summed E-state index contributed by atoms with van der Waals surface area (Å²) in [5.74, 6) is -0.577. The number of carbonyl (C=O) groups is 1. The van der Waals surface area contributed by atoms with Crippen LogP contribution in [0.15, 0.2) is 48.8 Å². The van der Waals surface area contributed by atoms with Crippen LogP contribution < -0.4 is 10.6 Å². The Bertz CT molecular complexity index is 1020. The second-order valence-electron chi connectivity index (χ2n) is 7.67. The van der Waals surface area contributed by atoms with Crippen LogP contribution in [-0.2, 0) is 32.9 Å². The summed E-state index contributed by atoms with van der Waals surface area (Å²) in [6.45, 7) is 1.02. The number of pyridine rings is 1. The molecule has 2 N–H and O–H groups in total. The summed E-state index contributed by atoms with van der Waals surface area (Å²) >= 11 is 0. The molecule has 0 saturated carbocycles. The van der Waals surface area contributed by atoms with Crippen LogP contribution in [0.5, 0.6) is 0 Å². The topological polar surface area (TPSA) is 71.8 Å². The third-order valence-corrected chi connectivity index (χ3v) is 5.66. The molecule has 1 unspecified atom stereocenters. The maximum absolute atomic E-state index is 13.8. The quantitative estimate of drug-likeness (QED) is 0.632.